The van der Waals surface area contributed by atoms with E-state index >= 15 is 0 Å². The van der Waals surface area contributed by atoms with Gasteiger partial charge in [0.1, 0.15) is 6.07 Å². The van der Waals surface area contributed by atoms with Crippen molar-refractivity contribution in [3.63, 3.8) is 0 Å². The third-order valence-electron chi connectivity index (χ3n) is 3.45. The first-order valence-corrected chi connectivity index (χ1v) is 6.91. The monoisotopic (exact) mass is 304 g/mol. The van der Waals surface area contributed by atoms with Gasteiger partial charge >= 0.3 is 5.82 Å². The van der Waals surface area contributed by atoms with E-state index in [-0.39, 0.29) is 5.56 Å². The molecule has 112 valence electrons. The Morgan fingerprint density at radius 2 is 2.00 bits per heavy atom. The van der Waals surface area contributed by atoms with Gasteiger partial charge in [-0.15, -0.1) is 0 Å². The molecule has 0 unspecified atom stereocenters. The maximum Gasteiger partial charge on any atom is 0.384 e. The van der Waals surface area contributed by atoms with Crippen molar-refractivity contribution >= 4 is 28.1 Å². The van der Waals surface area contributed by atoms with Gasteiger partial charge in [0.05, 0.1) is 11.1 Å². The SMILES string of the molecule is Cc1cccc(Nc2c(C#N)c([N+](=O)[O-])nc3ccccc23)c1. The third-order valence-corrected chi connectivity index (χ3v) is 3.45. The van der Waals surface area contributed by atoms with E-state index in [9.17, 15) is 15.4 Å². The molecule has 1 N–H and O–H groups in total. The average Bonchev–Trinajstić information content (AvgIpc) is 2.54. The van der Waals surface area contributed by atoms with Gasteiger partial charge in [-0.3, -0.25) is 0 Å². The Kier molecular flexibility index (Phi) is 3.61. The number of fused-ring (bicyclic) bond motifs is 1. The zero-order valence-electron chi connectivity index (χ0n) is 12.3. The van der Waals surface area contributed by atoms with Gasteiger partial charge in [0, 0.05) is 5.69 Å². The lowest BCUT2D eigenvalue weighted by molar-refractivity contribution is -0.389. The van der Waals surface area contributed by atoms with Crippen LogP contribution in [0, 0.1) is 28.4 Å². The number of anilines is 2. The maximum absolute atomic E-state index is 11.2. The highest BCUT2D eigenvalue weighted by atomic mass is 16.6. The number of nitrogens with zero attached hydrogens (tertiary/aromatic N) is 3. The molecule has 6 nitrogen and oxygen atoms in total. The highest BCUT2D eigenvalue weighted by molar-refractivity contribution is 5.97. The fraction of sp³-hybridized carbons (Fsp3) is 0.0588. The minimum absolute atomic E-state index is 0.0739. The normalized spacial score (nSPS) is 10.3. The van der Waals surface area contributed by atoms with E-state index in [1.807, 2.05) is 37.3 Å². The summed E-state index contributed by atoms with van der Waals surface area (Å²) in [6.45, 7) is 1.95. The summed E-state index contributed by atoms with van der Waals surface area (Å²) in [5.41, 5.74) is 2.59. The van der Waals surface area contributed by atoms with Crippen LogP contribution in [0.15, 0.2) is 48.5 Å². The number of rotatable bonds is 3. The Morgan fingerprint density at radius 1 is 1.22 bits per heavy atom. The van der Waals surface area contributed by atoms with Crippen LogP contribution in [0.2, 0.25) is 0 Å². The molecule has 6 heteroatoms. The summed E-state index contributed by atoms with van der Waals surface area (Å²) in [5.74, 6) is -0.443. The first-order chi connectivity index (χ1) is 11.1. The second-order valence-electron chi connectivity index (χ2n) is 5.07. The van der Waals surface area contributed by atoms with Crippen molar-refractivity contribution in [2.24, 2.45) is 0 Å². The molecule has 1 aromatic heterocycles. The van der Waals surface area contributed by atoms with E-state index in [1.54, 1.807) is 24.3 Å². The summed E-state index contributed by atoms with van der Waals surface area (Å²) >= 11 is 0. The second-order valence-corrected chi connectivity index (χ2v) is 5.07. The molecule has 0 aliphatic heterocycles. The predicted octanol–water partition coefficient (Wildman–Crippen LogP) is 4.07. The standard InChI is InChI=1S/C17H12N4O2/c1-11-5-4-6-12(9-11)19-16-13-7-2-3-8-15(13)20-17(21(22)23)14(16)10-18/h2-9H,1H3,(H,19,20). The van der Waals surface area contributed by atoms with Gasteiger partial charge in [-0.1, -0.05) is 24.3 Å². The number of aryl methyl sites for hydroxylation is 1. The van der Waals surface area contributed by atoms with Gasteiger partial charge in [-0.05, 0) is 46.7 Å². The van der Waals surface area contributed by atoms with E-state index in [0.717, 1.165) is 11.3 Å². The van der Waals surface area contributed by atoms with E-state index in [0.29, 0.717) is 16.6 Å². The van der Waals surface area contributed by atoms with Crippen LogP contribution in [0.1, 0.15) is 11.1 Å². The molecule has 0 saturated carbocycles. The molecular formula is C17H12N4O2. The van der Waals surface area contributed by atoms with Crippen molar-refractivity contribution in [2.75, 3.05) is 5.32 Å². The molecule has 1 heterocycles. The number of hydrogen-bond donors (Lipinski definition) is 1. The lowest BCUT2D eigenvalue weighted by Crippen LogP contribution is -2.02. The molecule has 0 bridgehead atoms. The van der Waals surface area contributed by atoms with E-state index < -0.39 is 10.7 Å². The quantitative estimate of drug-likeness (QED) is 0.581. The van der Waals surface area contributed by atoms with Crippen LogP contribution < -0.4 is 5.32 Å². The number of aromatic nitrogens is 1. The molecule has 0 saturated heterocycles. The fourth-order valence-corrected chi connectivity index (χ4v) is 2.43. The Bertz CT molecular complexity index is 960. The highest BCUT2D eigenvalue weighted by Crippen LogP contribution is 2.34. The van der Waals surface area contributed by atoms with Crippen molar-refractivity contribution in [1.82, 2.24) is 4.98 Å². The molecule has 3 aromatic rings. The average molecular weight is 304 g/mol. The summed E-state index contributed by atoms with van der Waals surface area (Å²) in [7, 11) is 0. The number of hydrogen-bond acceptors (Lipinski definition) is 5. The lowest BCUT2D eigenvalue weighted by Gasteiger charge is -2.11. The number of nitro groups is 1. The highest BCUT2D eigenvalue weighted by Gasteiger charge is 2.24. The van der Waals surface area contributed by atoms with Gasteiger partial charge in [-0.25, -0.2) is 0 Å². The molecule has 23 heavy (non-hydrogen) atoms. The van der Waals surface area contributed by atoms with Crippen molar-refractivity contribution in [2.45, 2.75) is 6.92 Å². The summed E-state index contributed by atoms with van der Waals surface area (Å²) in [6.07, 6.45) is 0. The predicted molar refractivity (Wildman–Crippen MR) is 87.6 cm³/mol. The Labute approximate surface area is 132 Å². The van der Waals surface area contributed by atoms with Gasteiger partial charge < -0.3 is 15.4 Å². The summed E-state index contributed by atoms with van der Waals surface area (Å²) < 4.78 is 0. The largest absolute Gasteiger partial charge is 0.384 e. The molecule has 0 radical (unpaired) electrons. The second kappa shape index (κ2) is 5.73. The minimum atomic E-state index is -0.633. The molecule has 0 fully saturated rings. The van der Waals surface area contributed by atoms with E-state index in [1.165, 1.54) is 0 Å². The number of pyridine rings is 1. The third kappa shape index (κ3) is 2.68. The van der Waals surface area contributed by atoms with Crippen LogP contribution in [0.3, 0.4) is 0 Å². The molecule has 0 aliphatic rings. The summed E-state index contributed by atoms with van der Waals surface area (Å²) in [6, 6.07) is 16.5. The number of nitriles is 1. The first-order valence-electron chi connectivity index (χ1n) is 6.91. The molecule has 0 spiro atoms. The van der Waals surface area contributed by atoms with Crippen molar-refractivity contribution < 1.29 is 4.92 Å². The number of nitrogens with one attached hydrogen (secondary N) is 1. The van der Waals surface area contributed by atoms with E-state index in [2.05, 4.69) is 10.3 Å². The molecule has 2 aromatic carbocycles. The summed E-state index contributed by atoms with van der Waals surface area (Å²) in [4.78, 5) is 14.6. The minimum Gasteiger partial charge on any atom is -0.358 e. The molecule has 0 atom stereocenters. The zero-order valence-corrected chi connectivity index (χ0v) is 12.3. The van der Waals surface area contributed by atoms with Crippen LogP contribution in [0.5, 0.6) is 0 Å². The Balaban J connectivity index is 2.28. The van der Waals surface area contributed by atoms with Crippen molar-refractivity contribution in [1.29, 1.82) is 5.26 Å². The number of para-hydroxylation sites is 1. The summed E-state index contributed by atoms with van der Waals surface area (Å²) in [5, 5.41) is 24.5. The zero-order chi connectivity index (χ0) is 16.4. The first kappa shape index (κ1) is 14.5. The van der Waals surface area contributed by atoms with E-state index in [4.69, 9.17) is 0 Å². The maximum atomic E-state index is 11.2. The van der Waals surface area contributed by atoms with Gasteiger partial charge in [0.15, 0.2) is 11.1 Å². The van der Waals surface area contributed by atoms with Gasteiger partial charge in [-0.2, -0.15) is 5.26 Å². The van der Waals surface area contributed by atoms with Crippen LogP contribution in [-0.4, -0.2) is 9.91 Å². The molecule has 0 aliphatic carbocycles. The fourth-order valence-electron chi connectivity index (χ4n) is 2.43. The van der Waals surface area contributed by atoms with Crippen molar-refractivity contribution in [3.8, 4) is 6.07 Å². The topological polar surface area (TPSA) is 91.8 Å². The van der Waals surface area contributed by atoms with Gasteiger partial charge in [0.2, 0.25) is 0 Å². The molecule has 0 amide bonds. The molecular weight excluding hydrogens is 292 g/mol. The molecule has 3 rings (SSSR count). The Hall–Kier alpha value is -3.46. The van der Waals surface area contributed by atoms with Crippen LogP contribution in [0.4, 0.5) is 17.2 Å². The Morgan fingerprint density at radius 3 is 2.70 bits per heavy atom. The van der Waals surface area contributed by atoms with Gasteiger partial charge in [0.25, 0.3) is 0 Å². The van der Waals surface area contributed by atoms with Crippen LogP contribution in [0.25, 0.3) is 10.9 Å². The van der Waals surface area contributed by atoms with Crippen LogP contribution in [-0.2, 0) is 0 Å². The smallest absolute Gasteiger partial charge is 0.358 e. The number of benzene rings is 2. The van der Waals surface area contributed by atoms with Crippen molar-refractivity contribution in [3.05, 3.63) is 69.8 Å². The lowest BCUT2D eigenvalue weighted by atomic mass is 10.1. The van der Waals surface area contributed by atoms with Crippen LogP contribution >= 0.6 is 0 Å².